The summed E-state index contributed by atoms with van der Waals surface area (Å²) in [6.45, 7) is 0. The molecule has 0 aromatic rings. The summed E-state index contributed by atoms with van der Waals surface area (Å²) in [5, 5.41) is 0. The average molecular weight is 197 g/mol. The Hall–Kier alpha value is 1.18. The van der Waals surface area contributed by atoms with E-state index < -0.39 is 17.2 Å². The van der Waals surface area contributed by atoms with Crippen LogP contribution in [0.1, 0.15) is 0 Å². The minimum Gasteiger partial charge on any atom is -0.820 e. The number of hydrogen-bond acceptors (Lipinski definition) is 5. The van der Waals surface area contributed by atoms with Crippen LogP contribution in [0.5, 0.6) is 0 Å². The first-order valence-electron chi connectivity index (χ1n) is 1.10. The zero-order valence-corrected chi connectivity index (χ0v) is 6.28. The fourth-order valence-electron chi connectivity index (χ4n) is 0.0544. The van der Waals surface area contributed by atoms with E-state index in [-0.39, 0.29) is 17.1 Å². The summed E-state index contributed by atoms with van der Waals surface area (Å²) in [4.78, 5) is 37.0. The maximum Gasteiger partial charge on any atom is 0 e. The minimum absolute atomic E-state index is 0. The van der Waals surface area contributed by atoms with Crippen LogP contribution in [-0.4, -0.2) is 0 Å². The van der Waals surface area contributed by atoms with E-state index >= 15 is 0 Å². The van der Waals surface area contributed by atoms with Crippen LogP contribution >= 0.6 is 17.2 Å². The van der Waals surface area contributed by atoms with Crippen molar-refractivity contribution in [2.24, 2.45) is 0 Å². The standard InChI is InChI=1S/Mn.O5P2/c;1-6(2)5-7(3)4/q;-4. The van der Waals surface area contributed by atoms with Gasteiger partial charge in [-0.1, -0.05) is 0 Å². The van der Waals surface area contributed by atoms with Crippen LogP contribution < -0.4 is 19.6 Å². The van der Waals surface area contributed by atoms with Crippen molar-refractivity contribution in [3.63, 3.8) is 0 Å². The Bertz CT molecular complexity index is 39.7. The van der Waals surface area contributed by atoms with Crippen LogP contribution in [-0.2, 0) is 21.4 Å². The number of rotatable bonds is 2. The summed E-state index contributed by atoms with van der Waals surface area (Å²) in [6.07, 6.45) is 0. The van der Waals surface area contributed by atoms with E-state index in [2.05, 4.69) is 4.31 Å². The van der Waals surface area contributed by atoms with Gasteiger partial charge in [0, 0.05) is 17.1 Å². The van der Waals surface area contributed by atoms with Crippen LogP contribution in [0.15, 0.2) is 0 Å². The Balaban J connectivity index is 0. The second-order valence-corrected chi connectivity index (χ2v) is 2.08. The first-order valence-corrected chi connectivity index (χ1v) is 3.29. The van der Waals surface area contributed by atoms with Gasteiger partial charge in [-0.15, -0.1) is 0 Å². The molecule has 0 saturated heterocycles. The summed E-state index contributed by atoms with van der Waals surface area (Å²) < 4.78 is 3.16. The van der Waals surface area contributed by atoms with Gasteiger partial charge >= 0.3 is 0 Å². The maximum absolute atomic E-state index is 9.24. The summed E-state index contributed by atoms with van der Waals surface area (Å²) in [5.74, 6) is 0. The van der Waals surface area contributed by atoms with Gasteiger partial charge in [0.25, 0.3) is 0 Å². The van der Waals surface area contributed by atoms with E-state index in [0.717, 1.165) is 0 Å². The molecule has 0 amide bonds. The van der Waals surface area contributed by atoms with Crippen molar-refractivity contribution < 1.29 is 41.0 Å². The van der Waals surface area contributed by atoms with Crippen LogP contribution in [0, 0.1) is 0 Å². The molecule has 0 spiro atoms. The Kier molecular flexibility index (Phi) is 9.39. The SMILES string of the molecule is [Mn].[O-]P([O-])OP([O-])[O-]. The molecule has 0 aromatic carbocycles. The van der Waals surface area contributed by atoms with Gasteiger partial charge < -0.3 is 23.9 Å². The maximum atomic E-state index is 9.24. The zero-order valence-electron chi connectivity index (χ0n) is 3.31. The summed E-state index contributed by atoms with van der Waals surface area (Å²) in [7, 11) is -6.47. The van der Waals surface area contributed by atoms with Crippen molar-refractivity contribution >= 4 is 17.2 Å². The molecule has 0 rings (SSSR count). The third-order valence-electron chi connectivity index (χ3n) is 0.133. The fourth-order valence-corrected chi connectivity index (χ4v) is 0.490. The third-order valence-corrected chi connectivity index (χ3v) is 1.20. The van der Waals surface area contributed by atoms with Crippen molar-refractivity contribution in [1.82, 2.24) is 0 Å². The van der Waals surface area contributed by atoms with Gasteiger partial charge in [0.1, 0.15) is 0 Å². The van der Waals surface area contributed by atoms with Crippen molar-refractivity contribution in [3.05, 3.63) is 0 Å². The van der Waals surface area contributed by atoms with Gasteiger partial charge in [-0.05, 0) is 0 Å². The van der Waals surface area contributed by atoms with Crippen LogP contribution in [0.25, 0.3) is 0 Å². The smallest absolute Gasteiger partial charge is 0 e. The molecular weight excluding hydrogens is 197 g/mol. The van der Waals surface area contributed by atoms with Gasteiger partial charge in [-0.3, -0.25) is 0 Å². The number of hydrogen-bond donors (Lipinski definition) is 0. The van der Waals surface area contributed by atoms with Gasteiger partial charge in [-0.2, -0.15) is 17.2 Å². The van der Waals surface area contributed by atoms with E-state index in [0.29, 0.717) is 0 Å². The molecule has 0 atom stereocenters. The van der Waals surface area contributed by atoms with Crippen LogP contribution in [0.3, 0.4) is 0 Å². The average Bonchev–Trinajstić information content (AvgIpc) is 1.27. The van der Waals surface area contributed by atoms with E-state index in [1.807, 2.05) is 0 Å². The molecular formula is MnO5P2-4. The summed E-state index contributed by atoms with van der Waals surface area (Å²) >= 11 is 0. The second-order valence-electron chi connectivity index (χ2n) is 0.529. The predicted molar refractivity (Wildman–Crippen MR) is 14.9 cm³/mol. The zero-order chi connectivity index (χ0) is 5.86. The van der Waals surface area contributed by atoms with E-state index in [9.17, 15) is 19.6 Å². The molecule has 0 fully saturated rings. The minimum atomic E-state index is -3.24. The van der Waals surface area contributed by atoms with Crippen LogP contribution in [0.2, 0.25) is 0 Å². The van der Waals surface area contributed by atoms with E-state index in [4.69, 9.17) is 0 Å². The third kappa shape index (κ3) is 10.2. The molecule has 0 aliphatic heterocycles. The molecule has 51 valence electrons. The van der Waals surface area contributed by atoms with E-state index in [1.54, 1.807) is 0 Å². The molecule has 5 nitrogen and oxygen atoms in total. The Morgan fingerprint density at radius 3 is 1.12 bits per heavy atom. The van der Waals surface area contributed by atoms with Gasteiger partial charge in [0.2, 0.25) is 0 Å². The van der Waals surface area contributed by atoms with Crippen molar-refractivity contribution in [2.75, 3.05) is 0 Å². The fraction of sp³-hybridized carbons (Fsp3) is 0. The van der Waals surface area contributed by atoms with Crippen molar-refractivity contribution in [1.29, 1.82) is 0 Å². The molecule has 0 aromatic heterocycles. The molecule has 0 saturated carbocycles. The molecule has 0 aliphatic carbocycles. The van der Waals surface area contributed by atoms with Gasteiger partial charge in [0.15, 0.2) is 0 Å². The molecule has 0 aliphatic rings. The largest absolute Gasteiger partial charge is 0.820 e. The molecule has 8 heteroatoms. The molecule has 1 radical (unpaired) electrons. The quantitative estimate of drug-likeness (QED) is 0.344. The molecule has 0 heterocycles. The van der Waals surface area contributed by atoms with Gasteiger partial charge in [0.05, 0.1) is 0 Å². The summed E-state index contributed by atoms with van der Waals surface area (Å²) in [6, 6.07) is 0. The summed E-state index contributed by atoms with van der Waals surface area (Å²) in [5.41, 5.74) is 0. The van der Waals surface area contributed by atoms with Crippen molar-refractivity contribution in [2.45, 2.75) is 0 Å². The first-order chi connectivity index (χ1) is 3.13. The normalized spacial score (nSPS) is 9.75. The monoisotopic (exact) mass is 197 g/mol. The van der Waals surface area contributed by atoms with Crippen molar-refractivity contribution in [3.8, 4) is 0 Å². The topological polar surface area (TPSA) is 101 Å². The van der Waals surface area contributed by atoms with Crippen LogP contribution in [0.4, 0.5) is 0 Å². The molecule has 8 heavy (non-hydrogen) atoms. The Morgan fingerprint density at radius 1 is 0.875 bits per heavy atom. The van der Waals surface area contributed by atoms with Gasteiger partial charge in [-0.25, -0.2) is 0 Å². The Morgan fingerprint density at radius 2 is 1.12 bits per heavy atom. The first kappa shape index (κ1) is 11.9. The Labute approximate surface area is 58.8 Å². The molecule has 0 N–H and O–H groups in total. The molecule has 0 bridgehead atoms. The second kappa shape index (κ2) is 6.30. The predicted octanol–water partition coefficient (Wildman–Crippen LogP) is -3.10. The molecule has 0 unspecified atom stereocenters. The van der Waals surface area contributed by atoms with E-state index in [1.165, 1.54) is 0 Å².